The van der Waals surface area contributed by atoms with Crippen LogP contribution < -0.4 is 16.0 Å². The van der Waals surface area contributed by atoms with Gasteiger partial charge in [-0.2, -0.15) is 0 Å². The lowest BCUT2D eigenvalue weighted by molar-refractivity contribution is -0.115. The molecule has 0 heterocycles. The minimum atomic E-state index is -0.494. The van der Waals surface area contributed by atoms with Crippen LogP contribution in [0, 0.1) is 6.92 Å². The standard InChI is InChI=1S/C16H14BrCl2N3O2/c1-9-2-5-13(11(17)6-9)22-16(24)20-8-15(23)21-14-7-10(18)3-4-12(14)19/h2-7H,8H2,1H3,(H,21,23)(H2,20,22,24). The molecule has 0 spiro atoms. The lowest BCUT2D eigenvalue weighted by Gasteiger charge is -2.11. The number of urea groups is 1. The van der Waals surface area contributed by atoms with Gasteiger partial charge < -0.3 is 16.0 Å². The quantitative estimate of drug-likeness (QED) is 0.650. The number of halogens is 3. The number of carbonyl (C=O) groups is 2. The highest BCUT2D eigenvalue weighted by Gasteiger charge is 2.10. The number of anilines is 2. The first-order chi connectivity index (χ1) is 11.3. The Hall–Kier alpha value is -1.76. The lowest BCUT2D eigenvalue weighted by atomic mass is 10.2. The van der Waals surface area contributed by atoms with Gasteiger partial charge in [0.15, 0.2) is 0 Å². The zero-order valence-electron chi connectivity index (χ0n) is 12.6. The molecule has 126 valence electrons. The summed E-state index contributed by atoms with van der Waals surface area (Å²) >= 11 is 15.2. The molecule has 2 aromatic carbocycles. The number of rotatable bonds is 4. The van der Waals surface area contributed by atoms with Crippen LogP contribution in [0.1, 0.15) is 5.56 Å². The van der Waals surface area contributed by atoms with E-state index in [2.05, 4.69) is 31.9 Å². The second-order valence-electron chi connectivity index (χ2n) is 4.96. The zero-order valence-corrected chi connectivity index (χ0v) is 15.7. The second-order valence-corrected chi connectivity index (χ2v) is 6.66. The van der Waals surface area contributed by atoms with Gasteiger partial charge in [-0.05, 0) is 58.7 Å². The van der Waals surface area contributed by atoms with E-state index in [-0.39, 0.29) is 6.54 Å². The van der Waals surface area contributed by atoms with Crippen molar-refractivity contribution in [3.8, 4) is 0 Å². The predicted molar refractivity (Wildman–Crippen MR) is 101 cm³/mol. The molecule has 0 saturated heterocycles. The Kier molecular flexibility index (Phi) is 6.48. The highest BCUT2D eigenvalue weighted by atomic mass is 79.9. The molecule has 0 aliphatic rings. The summed E-state index contributed by atoms with van der Waals surface area (Å²) in [5, 5.41) is 8.51. The van der Waals surface area contributed by atoms with Crippen molar-refractivity contribution in [2.24, 2.45) is 0 Å². The molecular formula is C16H14BrCl2N3O2. The average molecular weight is 431 g/mol. The Morgan fingerprint density at radius 1 is 1.04 bits per heavy atom. The summed E-state index contributed by atoms with van der Waals surface area (Å²) in [5.41, 5.74) is 2.06. The summed E-state index contributed by atoms with van der Waals surface area (Å²) in [7, 11) is 0. The largest absolute Gasteiger partial charge is 0.329 e. The zero-order chi connectivity index (χ0) is 17.7. The van der Waals surface area contributed by atoms with Crippen molar-refractivity contribution in [1.82, 2.24) is 5.32 Å². The summed E-state index contributed by atoms with van der Waals surface area (Å²) < 4.78 is 0.757. The van der Waals surface area contributed by atoms with E-state index in [1.807, 2.05) is 19.1 Å². The Bertz CT molecular complexity index is 784. The molecule has 0 aliphatic carbocycles. The number of nitrogens with one attached hydrogen (secondary N) is 3. The van der Waals surface area contributed by atoms with Crippen molar-refractivity contribution in [2.45, 2.75) is 6.92 Å². The van der Waals surface area contributed by atoms with Crippen LogP contribution in [0.4, 0.5) is 16.2 Å². The average Bonchev–Trinajstić information content (AvgIpc) is 2.52. The number of amides is 3. The van der Waals surface area contributed by atoms with Gasteiger partial charge in [-0.3, -0.25) is 4.79 Å². The van der Waals surface area contributed by atoms with Crippen LogP contribution in [0.3, 0.4) is 0 Å². The highest BCUT2D eigenvalue weighted by Crippen LogP contribution is 2.25. The van der Waals surface area contributed by atoms with Gasteiger partial charge in [0.1, 0.15) is 0 Å². The van der Waals surface area contributed by atoms with Crippen LogP contribution in [-0.4, -0.2) is 18.5 Å². The molecule has 3 N–H and O–H groups in total. The lowest BCUT2D eigenvalue weighted by Crippen LogP contribution is -2.35. The monoisotopic (exact) mass is 429 g/mol. The fraction of sp³-hybridized carbons (Fsp3) is 0.125. The van der Waals surface area contributed by atoms with Crippen LogP contribution in [0.15, 0.2) is 40.9 Å². The smallest absolute Gasteiger partial charge is 0.319 e. The number of hydrogen-bond donors (Lipinski definition) is 3. The molecule has 2 aromatic rings. The number of carbonyl (C=O) groups excluding carboxylic acids is 2. The highest BCUT2D eigenvalue weighted by molar-refractivity contribution is 9.10. The van der Waals surface area contributed by atoms with E-state index in [1.54, 1.807) is 18.2 Å². The SMILES string of the molecule is Cc1ccc(NC(=O)NCC(=O)Nc2cc(Cl)ccc2Cl)c(Br)c1. The molecular weight excluding hydrogens is 417 g/mol. The summed E-state index contributed by atoms with van der Waals surface area (Å²) in [6.45, 7) is 1.73. The molecule has 0 fully saturated rings. The maximum Gasteiger partial charge on any atom is 0.319 e. The molecule has 0 atom stereocenters. The van der Waals surface area contributed by atoms with E-state index in [9.17, 15) is 9.59 Å². The van der Waals surface area contributed by atoms with E-state index in [0.717, 1.165) is 10.0 Å². The third-order valence-electron chi connectivity index (χ3n) is 2.98. The van der Waals surface area contributed by atoms with Gasteiger partial charge >= 0.3 is 6.03 Å². The van der Waals surface area contributed by atoms with Crippen LogP contribution in [0.2, 0.25) is 10.0 Å². The first kappa shape index (κ1) is 18.6. The van der Waals surface area contributed by atoms with E-state index in [0.29, 0.717) is 21.4 Å². The molecule has 3 amide bonds. The molecule has 2 rings (SSSR count). The van der Waals surface area contributed by atoms with Gasteiger partial charge in [0.2, 0.25) is 5.91 Å². The third-order valence-corrected chi connectivity index (χ3v) is 4.21. The van der Waals surface area contributed by atoms with Crippen LogP contribution in [-0.2, 0) is 4.79 Å². The first-order valence-electron chi connectivity index (χ1n) is 6.91. The van der Waals surface area contributed by atoms with Gasteiger partial charge in [0.25, 0.3) is 0 Å². The topological polar surface area (TPSA) is 70.2 Å². The predicted octanol–water partition coefficient (Wildman–Crippen LogP) is 4.82. The Morgan fingerprint density at radius 2 is 1.79 bits per heavy atom. The molecule has 0 aromatic heterocycles. The number of benzene rings is 2. The molecule has 0 unspecified atom stereocenters. The van der Waals surface area contributed by atoms with Crippen LogP contribution in [0.25, 0.3) is 0 Å². The van der Waals surface area contributed by atoms with E-state index in [4.69, 9.17) is 23.2 Å². The van der Waals surface area contributed by atoms with Crippen molar-refractivity contribution < 1.29 is 9.59 Å². The fourth-order valence-corrected chi connectivity index (χ4v) is 2.77. The minimum Gasteiger partial charge on any atom is -0.329 e. The fourth-order valence-electron chi connectivity index (χ4n) is 1.84. The molecule has 0 aliphatic heterocycles. The van der Waals surface area contributed by atoms with Gasteiger partial charge in [-0.1, -0.05) is 29.3 Å². The van der Waals surface area contributed by atoms with Crippen molar-refractivity contribution in [3.05, 3.63) is 56.5 Å². The summed E-state index contributed by atoms with van der Waals surface area (Å²) in [5.74, 6) is -0.419. The first-order valence-corrected chi connectivity index (χ1v) is 8.46. The van der Waals surface area contributed by atoms with Crippen molar-refractivity contribution in [2.75, 3.05) is 17.2 Å². The molecule has 24 heavy (non-hydrogen) atoms. The normalized spacial score (nSPS) is 10.2. The number of aryl methyl sites for hydroxylation is 1. The molecule has 0 bridgehead atoms. The summed E-state index contributed by atoms with van der Waals surface area (Å²) in [6, 6.07) is 9.75. The van der Waals surface area contributed by atoms with Crippen molar-refractivity contribution >= 4 is 62.4 Å². The van der Waals surface area contributed by atoms with Gasteiger partial charge in [-0.25, -0.2) is 4.79 Å². The Balaban J connectivity index is 1.87. The molecule has 5 nitrogen and oxygen atoms in total. The Labute approximate surface area is 157 Å². The maximum atomic E-state index is 11.9. The second kappa shape index (κ2) is 8.37. The van der Waals surface area contributed by atoms with E-state index < -0.39 is 11.9 Å². The molecule has 8 heteroatoms. The minimum absolute atomic E-state index is 0.210. The van der Waals surface area contributed by atoms with Gasteiger partial charge in [0.05, 0.1) is 22.9 Å². The van der Waals surface area contributed by atoms with Crippen molar-refractivity contribution in [3.63, 3.8) is 0 Å². The van der Waals surface area contributed by atoms with Crippen LogP contribution in [0.5, 0.6) is 0 Å². The molecule has 0 saturated carbocycles. The van der Waals surface area contributed by atoms with E-state index >= 15 is 0 Å². The van der Waals surface area contributed by atoms with E-state index in [1.165, 1.54) is 6.07 Å². The summed E-state index contributed by atoms with van der Waals surface area (Å²) in [6.07, 6.45) is 0. The third kappa shape index (κ3) is 5.40. The number of hydrogen-bond acceptors (Lipinski definition) is 2. The van der Waals surface area contributed by atoms with Gasteiger partial charge in [-0.15, -0.1) is 0 Å². The van der Waals surface area contributed by atoms with Crippen LogP contribution >= 0.6 is 39.1 Å². The molecule has 0 radical (unpaired) electrons. The maximum absolute atomic E-state index is 11.9. The van der Waals surface area contributed by atoms with Crippen molar-refractivity contribution in [1.29, 1.82) is 0 Å². The Morgan fingerprint density at radius 3 is 2.50 bits per heavy atom. The summed E-state index contributed by atoms with van der Waals surface area (Å²) in [4.78, 5) is 23.7. The van der Waals surface area contributed by atoms with Gasteiger partial charge in [0, 0.05) is 9.50 Å².